The first-order valence-corrected chi connectivity index (χ1v) is 6.07. The van der Waals surface area contributed by atoms with E-state index < -0.39 is 22.4 Å². The molecule has 2 aromatic rings. The first kappa shape index (κ1) is 14.6. The van der Waals surface area contributed by atoms with Crippen LogP contribution in [-0.4, -0.2) is 18.0 Å². The summed E-state index contributed by atoms with van der Waals surface area (Å²) in [7, 11) is 1.28. The summed E-state index contributed by atoms with van der Waals surface area (Å²) in [6, 6.07) is 8.69. The van der Waals surface area contributed by atoms with Crippen molar-refractivity contribution in [2.24, 2.45) is 0 Å². The lowest BCUT2D eigenvalue weighted by atomic mass is 9.98. The number of esters is 1. The topological polar surface area (TPSA) is 69.4 Å². The van der Waals surface area contributed by atoms with Gasteiger partial charge in [-0.3, -0.25) is 10.1 Å². The van der Waals surface area contributed by atoms with Crippen molar-refractivity contribution in [2.45, 2.75) is 6.92 Å². The molecule has 0 radical (unpaired) electrons. The fraction of sp³-hybridized carbons (Fsp3) is 0.133. The van der Waals surface area contributed by atoms with Crippen LogP contribution >= 0.6 is 0 Å². The molecule has 0 spiro atoms. The number of aryl methyl sites for hydroxylation is 1. The van der Waals surface area contributed by atoms with Gasteiger partial charge in [-0.25, -0.2) is 4.79 Å². The third kappa shape index (κ3) is 2.89. The number of hydrogen-bond donors (Lipinski definition) is 0. The molecular formula is C15H12FNO4. The molecule has 108 valence electrons. The Balaban J connectivity index is 2.49. The van der Waals surface area contributed by atoms with Gasteiger partial charge < -0.3 is 4.74 Å². The van der Waals surface area contributed by atoms with E-state index in [0.717, 1.165) is 6.07 Å². The number of benzene rings is 2. The predicted octanol–water partition coefficient (Wildman–Crippen LogP) is 3.50. The Morgan fingerprint density at radius 1 is 1.24 bits per heavy atom. The number of methoxy groups -OCH3 is 1. The largest absolute Gasteiger partial charge is 0.465 e. The Morgan fingerprint density at radius 3 is 2.38 bits per heavy atom. The molecule has 0 fully saturated rings. The summed E-state index contributed by atoms with van der Waals surface area (Å²) in [6.45, 7) is 1.66. The number of rotatable bonds is 3. The minimum absolute atomic E-state index is 0.371. The van der Waals surface area contributed by atoms with E-state index >= 15 is 0 Å². The predicted molar refractivity (Wildman–Crippen MR) is 74.6 cm³/mol. The van der Waals surface area contributed by atoms with Gasteiger partial charge in [0.25, 0.3) is 0 Å². The van der Waals surface area contributed by atoms with E-state index in [1.165, 1.54) is 13.2 Å². The lowest BCUT2D eigenvalue weighted by molar-refractivity contribution is -0.387. The van der Waals surface area contributed by atoms with Crippen LogP contribution in [0.5, 0.6) is 0 Å². The molecule has 0 bridgehead atoms. The summed E-state index contributed by atoms with van der Waals surface area (Å²) in [6.07, 6.45) is 0. The number of hydrogen-bond acceptors (Lipinski definition) is 4. The van der Waals surface area contributed by atoms with Crippen molar-refractivity contribution in [1.29, 1.82) is 0 Å². The Labute approximate surface area is 120 Å². The van der Waals surface area contributed by atoms with E-state index in [2.05, 4.69) is 4.74 Å². The zero-order valence-corrected chi connectivity index (χ0v) is 11.4. The average molecular weight is 289 g/mol. The molecule has 0 aliphatic carbocycles. The molecule has 0 aliphatic rings. The molecule has 2 rings (SSSR count). The molecule has 0 saturated carbocycles. The molecule has 0 atom stereocenters. The van der Waals surface area contributed by atoms with Crippen molar-refractivity contribution in [2.75, 3.05) is 7.11 Å². The van der Waals surface area contributed by atoms with E-state index in [1.807, 2.05) is 0 Å². The highest BCUT2D eigenvalue weighted by molar-refractivity contribution is 5.90. The SMILES string of the molecule is COC(=O)c1ccc(-c2cc([N+](=O)[O-])c(F)cc2C)cc1. The van der Waals surface area contributed by atoms with Gasteiger partial charge in [0, 0.05) is 6.07 Å². The fourth-order valence-electron chi connectivity index (χ4n) is 2.02. The second-order valence-electron chi connectivity index (χ2n) is 4.44. The number of nitrogens with zero attached hydrogens (tertiary/aromatic N) is 1. The summed E-state index contributed by atoms with van der Waals surface area (Å²) < 4.78 is 18.1. The zero-order valence-electron chi connectivity index (χ0n) is 11.4. The highest BCUT2D eigenvalue weighted by atomic mass is 19.1. The van der Waals surface area contributed by atoms with Gasteiger partial charge >= 0.3 is 11.7 Å². The van der Waals surface area contributed by atoms with Gasteiger partial charge in [0.2, 0.25) is 5.82 Å². The van der Waals surface area contributed by atoms with E-state index in [1.54, 1.807) is 31.2 Å². The minimum atomic E-state index is -0.868. The molecular weight excluding hydrogens is 277 g/mol. The van der Waals surface area contributed by atoms with Crippen molar-refractivity contribution < 1.29 is 18.8 Å². The Hall–Kier alpha value is -2.76. The number of halogens is 1. The van der Waals surface area contributed by atoms with Crippen LogP contribution < -0.4 is 0 Å². The molecule has 5 nitrogen and oxygen atoms in total. The molecule has 2 aromatic carbocycles. The van der Waals surface area contributed by atoms with Crippen LogP contribution in [0.4, 0.5) is 10.1 Å². The molecule has 0 saturated heterocycles. The first-order chi connectivity index (χ1) is 9.93. The number of ether oxygens (including phenoxy) is 1. The third-order valence-corrected chi connectivity index (χ3v) is 3.11. The summed E-state index contributed by atoms with van der Waals surface area (Å²) in [5.74, 6) is -1.34. The second-order valence-corrected chi connectivity index (χ2v) is 4.44. The fourth-order valence-corrected chi connectivity index (χ4v) is 2.02. The first-order valence-electron chi connectivity index (χ1n) is 6.07. The van der Waals surface area contributed by atoms with Crippen molar-refractivity contribution in [3.05, 3.63) is 63.5 Å². The molecule has 21 heavy (non-hydrogen) atoms. The normalized spacial score (nSPS) is 10.2. The van der Waals surface area contributed by atoms with E-state index in [0.29, 0.717) is 22.3 Å². The monoisotopic (exact) mass is 289 g/mol. The van der Waals surface area contributed by atoms with Crippen LogP contribution in [-0.2, 0) is 4.74 Å². The van der Waals surface area contributed by atoms with Crippen LogP contribution in [0.3, 0.4) is 0 Å². The minimum Gasteiger partial charge on any atom is -0.465 e. The smallest absolute Gasteiger partial charge is 0.337 e. The highest BCUT2D eigenvalue weighted by Gasteiger charge is 2.17. The number of carbonyl (C=O) groups excluding carboxylic acids is 1. The van der Waals surface area contributed by atoms with Crippen LogP contribution in [0.25, 0.3) is 11.1 Å². The maximum atomic E-state index is 13.5. The van der Waals surface area contributed by atoms with Crippen LogP contribution in [0.1, 0.15) is 15.9 Å². The zero-order chi connectivity index (χ0) is 15.6. The summed E-state index contributed by atoms with van der Waals surface area (Å²) >= 11 is 0. The van der Waals surface area contributed by atoms with Gasteiger partial charge in [-0.1, -0.05) is 12.1 Å². The van der Waals surface area contributed by atoms with Gasteiger partial charge in [0.15, 0.2) is 0 Å². The lowest BCUT2D eigenvalue weighted by Gasteiger charge is -2.07. The molecule has 0 N–H and O–H groups in total. The maximum Gasteiger partial charge on any atom is 0.337 e. The molecule has 0 aliphatic heterocycles. The maximum absolute atomic E-state index is 13.5. The van der Waals surface area contributed by atoms with Gasteiger partial charge in [-0.15, -0.1) is 0 Å². The van der Waals surface area contributed by atoms with Crippen molar-refractivity contribution in [3.8, 4) is 11.1 Å². The lowest BCUT2D eigenvalue weighted by Crippen LogP contribution is -2.00. The van der Waals surface area contributed by atoms with Gasteiger partial charge in [0.05, 0.1) is 17.6 Å². The Morgan fingerprint density at radius 2 is 1.86 bits per heavy atom. The summed E-state index contributed by atoms with van der Waals surface area (Å²) in [5.41, 5.74) is 1.56. The standard InChI is InChI=1S/C15H12FNO4/c1-9-7-13(16)14(17(19)20)8-12(9)10-3-5-11(6-4-10)15(18)21-2/h3-8H,1-2H3. The van der Waals surface area contributed by atoms with Crippen LogP contribution in [0, 0.1) is 22.9 Å². The molecule has 0 aromatic heterocycles. The number of carbonyl (C=O) groups is 1. The Bertz CT molecular complexity index is 710. The van der Waals surface area contributed by atoms with Crippen molar-refractivity contribution in [3.63, 3.8) is 0 Å². The Kier molecular flexibility index (Phi) is 3.98. The van der Waals surface area contributed by atoms with Gasteiger partial charge in [0.1, 0.15) is 0 Å². The molecule has 6 heteroatoms. The average Bonchev–Trinajstić information content (AvgIpc) is 2.46. The van der Waals surface area contributed by atoms with E-state index in [-0.39, 0.29) is 0 Å². The number of nitro benzene ring substituents is 1. The molecule has 0 unspecified atom stereocenters. The van der Waals surface area contributed by atoms with Gasteiger partial charge in [-0.2, -0.15) is 4.39 Å². The highest BCUT2D eigenvalue weighted by Crippen LogP contribution is 2.30. The van der Waals surface area contributed by atoms with E-state index in [9.17, 15) is 19.3 Å². The summed E-state index contributed by atoms with van der Waals surface area (Å²) in [5, 5.41) is 10.8. The van der Waals surface area contributed by atoms with Crippen LogP contribution in [0.15, 0.2) is 36.4 Å². The summed E-state index contributed by atoms with van der Waals surface area (Å²) in [4.78, 5) is 21.4. The molecule has 0 amide bonds. The second kappa shape index (κ2) is 5.70. The van der Waals surface area contributed by atoms with Gasteiger partial charge in [-0.05, 0) is 41.8 Å². The van der Waals surface area contributed by atoms with Crippen molar-refractivity contribution >= 4 is 11.7 Å². The number of nitro groups is 1. The quantitative estimate of drug-likeness (QED) is 0.492. The van der Waals surface area contributed by atoms with E-state index in [4.69, 9.17) is 0 Å². The molecule has 0 heterocycles. The van der Waals surface area contributed by atoms with Crippen LogP contribution in [0.2, 0.25) is 0 Å². The third-order valence-electron chi connectivity index (χ3n) is 3.11. The van der Waals surface area contributed by atoms with Crippen molar-refractivity contribution in [1.82, 2.24) is 0 Å².